The van der Waals surface area contributed by atoms with Gasteiger partial charge in [0.1, 0.15) is 5.01 Å². The first-order valence-electron chi connectivity index (χ1n) is 5.52. The fourth-order valence-corrected chi connectivity index (χ4v) is 2.81. The molecule has 0 aliphatic carbocycles. The summed E-state index contributed by atoms with van der Waals surface area (Å²) in [5.41, 5.74) is -0.804. The molecule has 0 radical (unpaired) electrons. The highest BCUT2D eigenvalue weighted by Gasteiger charge is 2.34. The summed E-state index contributed by atoms with van der Waals surface area (Å²) in [7, 11) is 0. The molecule has 0 fully saturated rings. The minimum Gasteiger partial charge on any atom is -0.341 e. The predicted molar refractivity (Wildman–Crippen MR) is 67.5 cm³/mol. The SMILES string of the molecule is CCC(NC(=O)c1csnn1)c1nc(C(F)(F)F)cs1. The van der Waals surface area contributed by atoms with Gasteiger partial charge in [-0.25, -0.2) is 4.98 Å². The van der Waals surface area contributed by atoms with Gasteiger partial charge >= 0.3 is 6.18 Å². The molecule has 20 heavy (non-hydrogen) atoms. The van der Waals surface area contributed by atoms with Crippen LogP contribution in [0.5, 0.6) is 0 Å². The number of aromatic nitrogens is 3. The smallest absolute Gasteiger partial charge is 0.341 e. The van der Waals surface area contributed by atoms with E-state index in [-0.39, 0.29) is 10.7 Å². The lowest BCUT2D eigenvalue weighted by Gasteiger charge is -2.13. The van der Waals surface area contributed by atoms with Crippen molar-refractivity contribution < 1.29 is 18.0 Å². The number of amides is 1. The van der Waals surface area contributed by atoms with Crippen LogP contribution in [0.15, 0.2) is 10.8 Å². The van der Waals surface area contributed by atoms with Crippen molar-refractivity contribution in [3.05, 3.63) is 27.2 Å². The average molecular weight is 322 g/mol. The summed E-state index contributed by atoms with van der Waals surface area (Å²) in [4.78, 5) is 15.3. The quantitative estimate of drug-likeness (QED) is 0.940. The van der Waals surface area contributed by atoms with Crippen LogP contribution in [0.3, 0.4) is 0 Å². The van der Waals surface area contributed by atoms with Crippen molar-refractivity contribution in [1.29, 1.82) is 0 Å². The lowest BCUT2D eigenvalue weighted by atomic mass is 10.2. The van der Waals surface area contributed by atoms with Crippen LogP contribution in [0, 0.1) is 0 Å². The summed E-state index contributed by atoms with van der Waals surface area (Å²) >= 11 is 1.89. The van der Waals surface area contributed by atoms with Gasteiger partial charge in [-0.1, -0.05) is 11.4 Å². The minimum absolute atomic E-state index is 0.140. The van der Waals surface area contributed by atoms with Gasteiger partial charge in [0.2, 0.25) is 0 Å². The third kappa shape index (κ3) is 3.31. The molecule has 1 unspecified atom stereocenters. The number of thiazole rings is 1. The summed E-state index contributed by atoms with van der Waals surface area (Å²) in [6, 6.07) is -0.578. The van der Waals surface area contributed by atoms with Crippen molar-refractivity contribution in [2.45, 2.75) is 25.6 Å². The Labute approximate surface area is 120 Å². The number of alkyl halides is 3. The topological polar surface area (TPSA) is 67.8 Å². The molecule has 1 amide bonds. The molecule has 108 valence electrons. The highest BCUT2D eigenvalue weighted by Crippen LogP contribution is 2.32. The molecule has 0 aromatic carbocycles. The molecule has 0 bridgehead atoms. The number of hydrogen-bond donors (Lipinski definition) is 1. The number of hydrogen-bond acceptors (Lipinski definition) is 6. The summed E-state index contributed by atoms with van der Waals surface area (Å²) in [6.07, 6.45) is -4.05. The summed E-state index contributed by atoms with van der Waals surface area (Å²) in [6.45, 7) is 1.75. The summed E-state index contributed by atoms with van der Waals surface area (Å²) in [5, 5.41) is 8.82. The number of halogens is 3. The Morgan fingerprint density at radius 2 is 2.20 bits per heavy atom. The number of rotatable bonds is 4. The third-order valence-corrected chi connectivity index (χ3v) is 3.88. The fourth-order valence-electron chi connectivity index (χ4n) is 1.41. The first kappa shape index (κ1) is 14.9. The van der Waals surface area contributed by atoms with Crippen LogP contribution < -0.4 is 5.32 Å². The molecule has 0 spiro atoms. The van der Waals surface area contributed by atoms with Crippen molar-refractivity contribution in [2.24, 2.45) is 0 Å². The Morgan fingerprint density at radius 3 is 2.70 bits per heavy atom. The van der Waals surface area contributed by atoms with Crippen molar-refractivity contribution in [1.82, 2.24) is 19.9 Å². The Hall–Kier alpha value is -1.55. The van der Waals surface area contributed by atoms with Gasteiger partial charge in [0.15, 0.2) is 11.4 Å². The molecule has 0 saturated carbocycles. The van der Waals surface area contributed by atoms with Gasteiger partial charge in [-0.3, -0.25) is 4.79 Å². The van der Waals surface area contributed by atoms with Gasteiger partial charge in [-0.15, -0.1) is 16.4 Å². The molecule has 2 aromatic rings. The van der Waals surface area contributed by atoms with E-state index >= 15 is 0 Å². The van der Waals surface area contributed by atoms with Crippen LogP contribution in [0.4, 0.5) is 13.2 Å². The van der Waals surface area contributed by atoms with Crippen molar-refractivity contribution in [3.63, 3.8) is 0 Å². The number of nitrogens with zero attached hydrogens (tertiary/aromatic N) is 3. The first-order valence-corrected chi connectivity index (χ1v) is 7.24. The van der Waals surface area contributed by atoms with Crippen molar-refractivity contribution in [2.75, 3.05) is 0 Å². The lowest BCUT2D eigenvalue weighted by Crippen LogP contribution is -2.28. The second-order valence-electron chi connectivity index (χ2n) is 3.79. The molecule has 0 aliphatic rings. The summed E-state index contributed by atoms with van der Waals surface area (Å²) < 4.78 is 41.0. The third-order valence-electron chi connectivity index (χ3n) is 2.42. The molecule has 10 heteroatoms. The summed E-state index contributed by atoms with van der Waals surface area (Å²) in [5.74, 6) is -0.477. The number of nitrogens with one attached hydrogen (secondary N) is 1. The van der Waals surface area contributed by atoms with Crippen LogP contribution in [0.2, 0.25) is 0 Å². The van der Waals surface area contributed by atoms with Gasteiger partial charge in [0, 0.05) is 10.8 Å². The zero-order valence-corrected chi connectivity index (χ0v) is 11.8. The van der Waals surface area contributed by atoms with E-state index in [9.17, 15) is 18.0 Å². The van der Waals surface area contributed by atoms with E-state index < -0.39 is 23.8 Å². The Bertz CT molecular complexity index is 582. The lowest BCUT2D eigenvalue weighted by molar-refractivity contribution is -0.140. The molecule has 2 heterocycles. The van der Waals surface area contributed by atoms with Crippen molar-refractivity contribution in [3.8, 4) is 0 Å². The second kappa shape index (κ2) is 5.83. The van der Waals surface area contributed by atoms with E-state index in [1.807, 2.05) is 0 Å². The van der Waals surface area contributed by atoms with Crippen LogP contribution in [-0.2, 0) is 6.18 Å². The predicted octanol–water partition coefficient (Wildman–Crippen LogP) is 2.89. The van der Waals surface area contributed by atoms with E-state index in [4.69, 9.17) is 0 Å². The van der Waals surface area contributed by atoms with Crippen molar-refractivity contribution >= 4 is 28.8 Å². The standard InChI is InChI=1S/C10H9F3N4OS2/c1-2-5(14-8(18)6-3-20-17-16-6)9-15-7(4-19-9)10(11,12)13/h3-5H,2H2,1H3,(H,14,18). The van der Waals surface area contributed by atoms with Gasteiger partial charge in [-0.05, 0) is 18.0 Å². The molecule has 2 rings (SSSR count). The Kier molecular flexibility index (Phi) is 4.33. The molecule has 1 N–H and O–H groups in total. The first-order chi connectivity index (χ1) is 9.41. The van der Waals surface area contributed by atoms with Gasteiger partial charge in [0.05, 0.1) is 6.04 Å². The van der Waals surface area contributed by atoms with Gasteiger partial charge in [-0.2, -0.15) is 13.2 Å². The highest BCUT2D eigenvalue weighted by molar-refractivity contribution is 7.09. The molecular weight excluding hydrogens is 313 g/mol. The van der Waals surface area contributed by atoms with Crippen LogP contribution in [-0.4, -0.2) is 20.5 Å². The van der Waals surface area contributed by atoms with Crippen LogP contribution in [0.1, 0.15) is 40.6 Å². The maximum absolute atomic E-state index is 12.5. The molecular formula is C10H9F3N4OS2. The largest absolute Gasteiger partial charge is 0.434 e. The maximum Gasteiger partial charge on any atom is 0.434 e. The maximum atomic E-state index is 12.5. The average Bonchev–Trinajstić information content (AvgIpc) is 3.04. The zero-order chi connectivity index (χ0) is 14.8. The number of carbonyl (C=O) groups excluding carboxylic acids is 1. The molecule has 0 saturated heterocycles. The minimum atomic E-state index is -4.48. The second-order valence-corrected chi connectivity index (χ2v) is 5.29. The van der Waals surface area contributed by atoms with E-state index in [0.29, 0.717) is 6.42 Å². The van der Waals surface area contributed by atoms with E-state index in [1.165, 1.54) is 5.38 Å². The van der Waals surface area contributed by atoms with Gasteiger partial charge in [0.25, 0.3) is 5.91 Å². The molecule has 5 nitrogen and oxygen atoms in total. The van der Waals surface area contributed by atoms with Gasteiger partial charge < -0.3 is 5.32 Å². The molecule has 2 aromatic heterocycles. The van der Waals surface area contributed by atoms with Crippen LogP contribution >= 0.6 is 22.9 Å². The fraction of sp³-hybridized carbons (Fsp3) is 0.400. The monoisotopic (exact) mass is 322 g/mol. The highest BCUT2D eigenvalue weighted by atomic mass is 32.1. The van der Waals surface area contributed by atoms with Crippen LogP contribution in [0.25, 0.3) is 0 Å². The normalized spacial score (nSPS) is 13.2. The van der Waals surface area contributed by atoms with E-state index in [1.54, 1.807) is 6.92 Å². The Morgan fingerprint density at radius 1 is 1.45 bits per heavy atom. The Balaban J connectivity index is 2.12. The molecule has 1 atom stereocenters. The zero-order valence-electron chi connectivity index (χ0n) is 10.1. The molecule has 0 aliphatic heterocycles. The number of carbonyl (C=O) groups is 1. The van der Waals surface area contributed by atoms with E-state index in [0.717, 1.165) is 28.2 Å². The van der Waals surface area contributed by atoms with E-state index in [2.05, 4.69) is 19.9 Å².